The molecule has 0 fully saturated rings. The summed E-state index contributed by atoms with van der Waals surface area (Å²) in [5.41, 5.74) is -0.672. The average molecular weight is 411 g/mol. The Morgan fingerprint density at radius 3 is 2.60 bits per heavy atom. The maximum absolute atomic E-state index is 13.1. The molecule has 0 spiro atoms. The number of aliphatic carboxylic acids is 1. The number of hydrogen-bond donors (Lipinski definition) is 2. The van der Waals surface area contributed by atoms with Gasteiger partial charge >= 0.3 is 11.9 Å². The lowest BCUT2D eigenvalue weighted by Gasteiger charge is -2.42. The van der Waals surface area contributed by atoms with Crippen LogP contribution >= 0.6 is 0 Å². The first-order valence-corrected chi connectivity index (χ1v) is 9.26. The summed E-state index contributed by atoms with van der Waals surface area (Å²) in [6.45, 7) is 2.86. The van der Waals surface area contributed by atoms with Crippen molar-refractivity contribution in [1.29, 1.82) is 0 Å². The molecule has 2 aliphatic heterocycles. The first-order valence-electron chi connectivity index (χ1n) is 9.26. The van der Waals surface area contributed by atoms with Crippen molar-refractivity contribution in [2.75, 3.05) is 0 Å². The molecule has 30 heavy (non-hydrogen) atoms. The van der Waals surface area contributed by atoms with Crippen molar-refractivity contribution in [2.24, 2.45) is 4.99 Å². The number of ether oxygens (including phenoxy) is 1. The van der Waals surface area contributed by atoms with E-state index in [1.807, 2.05) is 0 Å². The molecule has 3 rings (SSSR count). The normalized spacial score (nSPS) is 20.8. The van der Waals surface area contributed by atoms with Gasteiger partial charge in [-0.05, 0) is 36.8 Å². The molecule has 0 saturated carbocycles. The Labute approximate surface area is 172 Å². The largest absolute Gasteiger partial charge is 0.480 e. The van der Waals surface area contributed by atoms with Gasteiger partial charge in [0, 0.05) is 19.5 Å². The van der Waals surface area contributed by atoms with Gasteiger partial charge in [0.25, 0.3) is 5.91 Å². The molecule has 0 aliphatic carbocycles. The van der Waals surface area contributed by atoms with Crippen molar-refractivity contribution in [3.63, 3.8) is 0 Å². The van der Waals surface area contributed by atoms with Crippen molar-refractivity contribution < 1.29 is 29.0 Å². The molecule has 2 amide bonds. The van der Waals surface area contributed by atoms with Crippen LogP contribution in [0.2, 0.25) is 0 Å². The van der Waals surface area contributed by atoms with Gasteiger partial charge in [-0.15, -0.1) is 0 Å². The minimum atomic E-state index is -1.30. The lowest BCUT2D eigenvalue weighted by molar-refractivity contribution is -0.144. The maximum atomic E-state index is 13.1. The van der Waals surface area contributed by atoms with Gasteiger partial charge in [-0.1, -0.05) is 18.2 Å². The van der Waals surface area contributed by atoms with Crippen LogP contribution in [-0.4, -0.2) is 51.2 Å². The minimum absolute atomic E-state index is 0.0160. The number of hydrogen-bond acceptors (Lipinski definition) is 6. The second-order valence-electron chi connectivity index (χ2n) is 7.19. The van der Waals surface area contributed by atoms with Crippen LogP contribution in [-0.2, 0) is 25.6 Å². The van der Waals surface area contributed by atoms with Crippen molar-refractivity contribution >= 4 is 29.6 Å². The smallest absolute Gasteiger partial charge is 0.326 e. The number of fused-ring (bicyclic) bond motifs is 1. The number of nitrogens with one attached hydrogen (secondary N) is 1. The van der Waals surface area contributed by atoms with Crippen LogP contribution in [0.25, 0.3) is 0 Å². The molecule has 2 heterocycles. The lowest BCUT2D eigenvalue weighted by atomic mass is 9.90. The van der Waals surface area contributed by atoms with Crippen LogP contribution in [0, 0.1) is 0 Å². The van der Waals surface area contributed by atoms with Gasteiger partial charge in [-0.25, -0.2) is 4.79 Å². The van der Waals surface area contributed by atoms with Gasteiger partial charge in [0.05, 0.1) is 6.42 Å². The van der Waals surface area contributed by atoms with Crippen LogP contribution in [0.5, 0.6) is 5.75 Å². The number of benzene rings is 1. The third kappa shape index (κ3) is 4.45. The maximum Gasteiger partial charge on any atom is 0.326 e. The molecule has 1 aromatic rings. The third-order valence-corrected chi connectivity index (χ3v) is 4.82. The number of esters is 1. The van der Waals surface area contributed by atoms with E-state index in [1.165, 1.54) is 6.92 Å². The number of aliphatic imine (C=N–C) groups is 1. The highest BCUT2D eigenvalue weighted by Gasteiger charge is 2.46. The fraction of sp³-hybridized carbons (Fsp3) is 0.286. The quantitative estimate of drug-likeness (QED) is 0.532. The van der Waals surface area contributed by atoms with Gasteiger partial charge in [0.1, 0.15) is 23.2 Å². The number of nitrogens with zero attached hydrogens (tertiary/aromatic N) is 2. The number of rotatable bonds is 6. The Bertz CT molecular complexity index is 979. The zero-order valence-corrected chi connectivity index (χ0v) is 16.5. The number of carbonyl (C=O) groups excluding carboxylic acids is 3. The monoisotopic (exact) mass is 411 g/mol. The van der Waals surface area contributed by atoms with Crippen molar-refractivity contribution in [1.82, 2.24) is 10.2 Å². The molecule has 1 aromatic carbocycles. The first-order chi connectivity index (χ1) is 14.2. The molecule has 0 aromatic heterocycles. The highest BCUT2D eigenvalue weighted by Crippen LogP contribution is 2.28. The summed E-state index contributed by atoms with van der Waals surface area (Å²) < 4.78 is 4.95. The standard InChI is InChI=1S/C21H21N3O6/c1-13(25)30-15-8-6-14(7-9-15)11-16(19(27)28)22-20(29)21(2)12-18(26)23-17-5-3-4-10-24(17)21/h3-10,16H,11-12H2,1-2H3,(H,22,29)(H,27,28). The molecular formula is C21H21N3O6. The van der Waals surface area contributed by atoms with E-state index in [0.29, 0.717) is 17.1 Å². The Morgan fingerprint density at radius 2 is 1.97 bits per heavy atom. The predicted molar refractivity (Wildman–Crippen MR) is 107 cm³/mol. The number of carboxylic acid groups (broad SMARTS) is 1. The van der Waals surface area contributed by atoms with E-state index in [2.05, 4.69) is 10.3 Å². The summed E-state index contributed by atoms with van der Waals surface area (Å²) in [6, 6.07) is 5.12. The van der Waals surface area contributed by atoms with Crippen molar-refractivity contribution in [2.45, 2.75) is 38.3 Å². The van der Waals surface area contributed by atoms with Crippen LogP contribution in [0.1, 0.15) is 25.8 Å². The van der Waals surface area contributed by atoms with Gasteiger partial charge in [-0.2, -0.15) is 4.99 Å². The van der Waals surface area contributed by atoms with Crippen molar-refractivity contribution in [3.8, 4) is 5.75 Å². The fourth-order valence-corrected chi connectivity index (χ4v) is 3.29. The number of carbonyl (C=O) groups is 4. The van der Waals surface area contributed by atoms with E-state index >= 15 is 0 Å². The van der Waals surface area contributed by atoms with Gasteiger partial charge < -0.3 is 20.1 Å². The molecule has 0 bridgehead atoms. The molecule has 0 radical (unpaired) electrons. The molecule has 156 valence electrons. The topological polar surface area (TPSA) is 125 Å². The molecule has 2 atom stereocenters. The van der Waals surface area contributed by atoms with Crippen LogP contribution in [0.3, 0.4) is 0 Å². The molecule has 0 saturated heterocycles. The highest BCUT2D eigenvalue weighted by molar-refractivity contribution is 6.09. The van der Waals surface area contributed by atoms with Crippen LogP contribution < -0.4 is 10.1 Å². The molecule has 9 heteroatoms. The highest BCUT2D eigenvalue weighted by atomic mass is 16.5. The molecule has 2 N–H and O–H groups in total. The summed E-state index contributed by atoms with van der Waals surface area (Å²) in [5.74, 6) is -2.04. The Kier molecular flexibility index (Phi) is 5.81. The van der Waals surface area contributed by atoms with E-state index in [9.17, 15) is 24.3 Å². The number of amidine groups is 1. The zero-order chi connectivity index (χ0) is 21.9. The van der Waals surface area contributed by atoms with E-state index in [-0.39, 0.29) is 12.8 Å². The Hall–Kier alpha value is -3.75. The summed E-state index contributed by atoms with van der Waals surface area (Å²) in [6.07, 6.45) is 6.49. The second-order valence-corrected chi connectivity index (χ2v) is 7.19. The van der Waals surface area contributed by atoms with E-state index in [0.717, 1.165) is 0 Å². The summed E-state index contributed by atoms with van der Waals surface area (Å²) in [4.78, 5) is 53.4. The van der Waals surface area contributed by atoms with Gasteiger partial charge in [0.15, 0.2) is 0 Å². The third-order valence-electron chi connectivity index (χ3n) is 4.82. The van der Waals surface area contributed by atoms with E-state index < -0.39 is 35.3 Å². The summed E-state index contributed by atoms with van der Waals surface area (Å²) >= 11 is 0. The van der Waals surface area contributed by atoms with Crippen molar-refractivity contribution in [3.05, 3.63) is 54.3 Å². The van der Waals surface area contributed by atoms with Crippen LogP contribution in [0.4, 0.5) is 0 Å². The van der Waals surface area contributed by atoms with Gasteiger partial charge in [0.2, 0.25) is 5.91 Å². The lowest BCUT2D eigenvalue weighted by Crippen LogP contribution is -2.62. The zero-order valence-electron chi connectivity index (χ0n) is 16.5. The second kappa shape index (κ2) is 8.32. The minimum Gasteiger partial charge on any atom is -0.480 e. The molecule has 2 aliphatic rings. The number of allylic oxidation sites excluding steroid dienone is 2. The fourth-order valence-electron chi connectivity index (χ4n) is 3.29. The number of carboxylic acids is 1. The SMILES string of the molecule is CC(=O)Oc1ccc(CC(NC(=O)C2(C)CC(=O)N=C3C=CC=CN32)C(=O)O)cc1. The molecule has 9 nitrogen and oxygen atoms in total. The van der Waals surface area contributed by atoms with E-state index in [1.54, 1.807) is 60.5 Å². The average Bonchev–Trinajstić information content (AvgIpc) is 2.68. The summed E-state index contributed by atoms with van der Waals surface area (Å²) in [5, 5.41) is 12.2. The summed E-state index contributed by atoms with van der Waals surface area (Å²) in [7, 11) is 0. The Balaban J connectivity index is 1.75. The van der Waals surface area contributed by atoms with Gasteiger partial charge in [-0.3, -0.25) is 14.4 Å². The molecule has 2 unspecified atom stereocenters. The molecular weight excluding hydrogens is 390 g/mol. The Morgan fingerprint density at radius 1 is 1.27 bits per heavy atom. The predicted octanol–water partition coefficient (Wildman–Crippen LogP) is 1.20. The van der Waals surface area contributed by atoms with Crippen LogP contribution in [0.15, 0.2) is 53.7 Å². The number of amides is 2. The first kappa shape index (κ1) is 21.0. The van der Waals surface area contributed by atoms with E-state index in [4.69, 9.17) is 4.74 Å².